The fourth-order valence-electron chi connectivity index (χ4n) is 3.82. The predicted octanol–water partition coefficient (Wildman–Crippen LogP) is 4.23. The van der Waals surface area contributed by atoms with Gasteiger partial charge in [0, 0.05) is 31.2 Å². The Hall–Kier alpha value is -3.21. The summed E-state index contributed by atoms with van der Waals surface area (Å²) in [6.45, 7) is 4.17. The highest BCUT2D eigenvalue weighted by Gasteiger charge is 2.31. The summed E-state index contributed by atoms with van der Waals surface area (Å²) in [5, 5.41) is 0. The number of rotatable bonds is 5. The molecule has 148 valence electrons. The van der Waals surface area contributed by atoms with Crippen molar-refractivity contribution in [2.24, 2.45) is 5.92 Å². The van der Waals surface area contributed by atoms with Gasteiger partial charge in [0.2, 0.25) is 11.9 Å². The molecule has 4 rings (SSSR count). The number of aromatic nitrogens is 2. The van der Waals surface area contributed by atoms with Gasteiger partial charge in [0.15, 0.2) is 0 Å². The molecule has 29 heavy (non-hydrogen) atoms. The molecule has 1 aliphatic heterocycles. The van der Waals surface area contributed by atoms with Crippen LogP contribution in [0.15, 0.2) is 73.1 Å². The first-order valence-electron chi connectivity index (χ1n) is 10.1. The van der Waals surface area contributed by atoms with Crippen LogP contribution in [0, 0.1) is 12.8 Å². The van der Waals surface area contributed by atoms with E-state index < -0.39 is 0 Å². The average molecular weight is 386 g/mol. The number of amides is 1. The number of anilines is 2. The number of carbonyl (C=O) groups excluding carboxylic acids is 1. The molecule has 0 N–H and O–H groups in total. The molecule has 0 radical (unpaired) electrons. The molecule has 1 fully saturated rings. The van der Waals surface area contributed by atoms with E-state index in [1.807, 2.05) is 41.3 Å². The van der Waals surface area contributed by atoms with Crippen LogP contribution in [0.4, 0.5) is 11.6 Å². The van der Waals surface area contributed by atoms with E-state index in [1.165, 1.54) is 5.56 Å². The SMILES string of the molecule is Cc1ccc(N(Cc2ccccc2)C(=O)[C@H]2CCCN(c3ncccn3)C2)cc1. The number of hydrogen-bond donors (Lipinski definition) is 0. The molecule has 5 nitrogen and oxygen atoms in total. The fourth-order valence-corrected chi connectivity index (χ4v) is 3.82. The molecular weight excluding hydrogens is 360 g/mol. The van der Waals surface area contributed by atoms with Crippen LogP contribution in [0.25, 0.3) is 0 Å². The summed E-state index contributed by atoms with van der Waals surface area (Å²) < 4.78 is 0. The first-order valence-corrected chi connectivity index (χ1v) is 10.1. The minimum Gasteiger partial charge on any atom is -0.340 e. The number of benzene rings is 2. The van der Waals surface area contributed by atoms with E-state index in [4.69, 9.17) is 0 Å². The summed E-state index contributed by atoms with van der Waals surface area (Å²) in [4.78, 5) is 26.4. The van der Waals surface area contributed by atoms with E-state index in [-0.39, 0.29) is 11.8 Å². The summed E-state index contributed by atoms with van der Waals surface area (Å²) in [5.74, 6) is 0.797. The van der Waals surface area contributed by atoms with Gasteiger partial charge in [-0.2, -0.15) is 0 Å². The fraction of sp³-hybridized carbons (Fsp3) is 0.292. The molecule has 0 spiro atoms. The van der Waals surface area contributed by atoms with Crippen LogP contribution in [-0.4, -0.2) is 29.0 Å². The lowest BCUT2D eigenvalue weighted by atomic mass is 9.96. The molecule has 1 aromatic heterocycles. The largest absolute Gasteiger partial charge is 0.340 e. The van der Waals surface area contributed by atoms with Crippen molar-refractivity contribution < 1.29 is 4.79 Å². The third kappa shape index (κ3) is 4.62. The lowest BCUT2D eigenvalue weighted by molar-refractivity contribution is -0.122. The summed E-state index contributed by atoms with van der Waals surface area (Å²) in [6, 6.07) is 20.2. The average Bonchev–Trinajstić information content (AvgIpc) is 2.79. The van der Waals surface area contributed by atoms with Gasteiger partial charge in [-0.1, -0.05) is 48.0 Å². The van der Waals surface area contributed by atoms with Crippen molar-refractivity contribution in [2.75, 3.05) is 22.9 Å². The van der Waals surface area contributed by atoms with Crippen LogP contribution in [0.2, 0.25) is 0 Å². The van der Waals surface area contributed by atoms with Crippen molar-refractivity contribution in [3.63, 3.8) is 0 Å². The van der Waals surface area contributed by atoms with Crippen LogP contribution in [0.5, 0.6) is 0 Å². The van der Waals surface area contributed by atoms with Gasteiger partial charge in [0.25, 0.3) is 0 Å². The highest BCUT2D eigenvalue weighted by atomic mass is 16.2. The zero-order chi connectivity index (χ0) is 20.1. The minimum atomic E-state index is -0.0717. The van der Waals surface area contributed by atoms with Crippen molar-refractivity contribution in [3.8, 4) is 0 Å². The third-order valence-electron chi connectivity index (χ3n) is 5.40. The maximum absolute atomic E-state index is 13.6. The molecule has 5 heteroatoms. The topological polar surface area (TPSA) is 49.3 Å². The van der Waals surface area contributed by atoms with Gasteiger partial charge < -0.3 is 9.80 Å². The lowest BCUT2D eigenvalue weighted by Gasteiger charge is -2.35. The molecule has 0 unspecified atom stereocenters. The summed E-state index contributed by atoms with van der Waals surface area (Å²) >= 11 is 0. The summed E-state index contributed by atoms with van der Waals surface area (Å²) in [7, 11) is 0. The Labute approximate surface area is 172 Å². The Balaban J connectivity index is 1.57. The third-order valence-corrected chi connectivity index (χ3v) is 5.40. The Morgan fingerprint density at radius 3 is 2.48 bits per heavy atom. The van der Waals surface area contributed by atoms with Crippen LogP contribution < -0.4 is 9.80 Å². The van der Waals surface area contributed by atoms with Gasteiger partial charge >= 0.3 is 0 Å². The lowest BCUT2D eigenvalue weighted by Crippen LogP contribution is -2.45. The van der Waals surface area contributed by atoms with Gasteiger partial charge in [-0.3, -0.25) is 4.79 Å². The monoisotopic (exact) mass is 386 g/mol. The van der Waals surface area contributed by atoms with Crippen molar-refractivity contribution >= 4 is 17.5 Å². The van der Waals surface area contributed by atoms with E-state index in [0.29, 0.717) is 19.0 Å². The molecule has 2 heterocycles. The Morgan fingerprint density at radius 1 is 1.03 bits per heavy atom. The van der Waals surface area contributed by atoms with Crippen LogP contribution >= 0.6 is 0 Å². The van der Waals surface area contributed by atoms with Crippen molar-refractivity contribution in [2.45, 2.75) is 26.3 Å². The van der Waals surface area contributed by atoms with E-state index in [1.54, 1.807) is 12.4 Å². The number of nitrogens with zero attached hydrogens (tertiary/aromatic N) is 4. The first-order chi connectivity index (χ1) is 14.2. The van der Waals surface area contributed by atoms with Gasteiger partial charge in [-0.05, 0) is 43.5 Å². The molecular formula is C24H26N4O. The second-order valence-electron chi connectivity index (χ2n) is 7.58. The van der Waals surface area contributed by atoms with Gasteiger partial charge in [-0.25, -0.2) is 9.97 Å². The quantitative estimate of drug-likeness (QED) is 0.658. The minimum absolute atomic E-state index is 0.0717. The van der Waals surface area contributed by atoms with Gasteiger partial charge in [0.05, 0.1) is 12.5 Å². The van der Waals surface area contributed by atoms with E-state index in [2.05, 4.69) is 46.1 Å². The number of hydrogen-bond acceptors (Lipinski definition) is 4. The van der Waals surface area contributed by atoms with E-state index in [9.17, 15) is 4.79 Å². The second-order valence-corrected chi connectivity index (χ2v) is 7.58. The zero-order valence-corrected chi connectivity index (χ0v) is 16.7. The van der Waals surface area contributed by atoms with Crippen LogP contribution in [0.1, 0.15) is 24.0 Å². The second kappa shape index (κ2) is 8.86. The van der Waals surface area contributed by atoms with E-state index >= 15 is 0 Å². The number of aryl methyl sites for hydroxylation is 1. The molecule has 0 saturated carbocycles. The molecule has 2 aromatic carbocycles. The Bertz CT molecular complexity index is 928. The number of piperidine rings is 1. The maximum atomic E-state index is 13.6. The van der Waals surface area contributed by atoms with Crippen LogP contribution in [-0.2, 0) is 11.3 Å². The van der Waals surface area contributed by atoms with Crippen molar-refractivity contribution in [3.05, 3.63) is 84.2 Å². The molecule has 1 amide bonds. The Kier molecular flexibility index (Phi) is 5.84. The van der Waals surface area contributed by atoms with Gasteiger partial charge in [-0.15, -0.1) is 0 Å². The van der Waals surface area contributed by atoms with Crippen molar-refractivity contribution in [1.82, 2.24) is 9.97 Å². The predicted molar refractivity (Wildman–Crippen MR) is 116 cm³/mol. The normalized spacial score (nSPS) is 16.4. The van der Waals surface area contributed by atoms with Gasteiger partial charge in [0.1, 0.15) is 0 Å². The molecule has 1 saturated heterocycles. The molecule has 3 aromatic rings. The zero-order valence-electron chi connectivity index (χ0n) is 16.7. The highest BCUT2D eigenvalue weighted by Crippen LogP contribution is 2.26. The number of carbonyl (C=O) groups is 1. The summed E-state index contributed by atoms with van der Waals surface area (Å²) in [6.07, 6.45) is 5.35. The van der Waals surface area contributed by atoms with Crippen LogP contribution in [0.3, 0.4) is 0 Å². The molecule has 0 aliphatic carbocycles. The maximum Gasteiger partial charge on any atom is 0.232 e. The highest BCUT2D eigenvalue weighted by molar-refractivity contribution is 5.95. The van der Waals surface area contributed by atoms with Crippen molar-refractivity contribution in [1.29, 1.82) is 0 Å². The Morgan fingerprint density at radius 2 is 1.76 bits per heavy atom. The summed E-state index contributed by atoms with van der Waals surface area (Å²) in [5.41, 5.74) is 3.25. The standard InChI is InChI=1S/C24H26N4O/c1-19-10-12-22(13-11-19)28(17-20-7-3-2-4-8-20)23(29)21-9-5-16-27(18-21)24-25-14-6-15-26-24/h2-4,6-8,10-15,21H,5,9,16-18H2,1H3/t21-/m0/s1. The molecule has 0 bridgehead atoms. The van der Waals surface area contributed by atoms with E-state index in [0.717, 1.165) is 30.6 Å². The smallest absolute Gasteiger partial charge is 0.232 e. The first kappa shape index (κ1) is 19.1. The molecule has 1 atom stereocenters. The molecule has 1 aliphatic rings.